The minimum Gasteiger partial charge on any atom is -0.435 e. The molecule has 8 heteroatoms. The van der Waals surface area contributed by atoms with E-state index >= 15 is 0 Å². The van der Waals surface area contributed by atoms with E-state index in [0.29, 0.717) is 9.50 Å². The smallest absolute Gasteiger partial charge is 0.275 e. The van der Waals surface area contributed by atoms with E-state index in [1.54, 1.807) is 6.07 Å². The van der Waals surface area contributed by atoms with Crippen LogP contribution < -0.4 is 4.74 Å². The minimum atomic E-state index is -0.842. The van der Waals surface area contributed by atoms with Gasteiger partial charge < -0.3 is 4.74 Å². The molecule has 5 nitrogen and oxygen atoms in total. The predicted octanol–water partition coefficient (Wildman–Crippen LogP) is 4.65. The standard InChI is InChI=1S/C12H7BrClFN2O3/c1-6-2-11(9(15)4-10(6)17(18)19)20-12-8(13)3-7(14)5-16-12/h2-5H,1H3. The second kappa shape index (κ2) is 5.72. The molecule has 0 saturated carbocycles. The van der Waals surface area contributed by atoms with Crippen LogP contribution in [0.25, 0.3) is 0 Å². The molecule has 0 radical (unpaired) electrons. The van der Waals surface area contributed by atoms with Crippen molar-refractivity contribution in [3.63, 3.8) is 0 Å². The molecule has 1 aromatic carbocycles. The maximum atomic E-state index is 13.8. The van der Waals surface area contributed by atoms with Crippen molar-refractivity contribution >= 4 is 33.2 Å². The molecular weight excluding hydrogens is 354 g/mol. The number of halogens is 3. The Bertz CT molecular complexity index is 697. The van der Waals surface area contributed by atoms with Crippen LogP contribution in [0.15, 0.2) is 28.9 Å². The van der Waals surface area contributed by atoms with Gasteiger partial charge in [0, 0.05) is 11.8 Å². The van der Waals surface area contributed by atoms with Gasteiger partial charge in [-0.15, -0.1) is 0 Å². The van der Waals surface area contributed by atoms with Gasteiger partial charge in [-0.2, -0.15) is 0 Å². The summed E-state index contributed by atoms with van der Waals surface area (Å²) in [6, 6.07) is 3.60. The number of nitro benzene ring substituents is 1. The molecule has 0 N–H and O–H groups in total. The minimum absolute atomic E-state index is 0.113. The highest BCUT2D eigenvalue weighted by Crippen LogP contribution is 2.33. The van der Waals surface area contributed by atoms with Gasteiger partial charge in [-0.1, -0.05) is 11.6 Å². The highest BCUT2D eigenvalue weighted by atomic mass is 79.9. The quantitative estimate of drug-likeness (QED) is 0.590. The van der Waals surface area contributed by atoms with Gasteiger partial charge in [0.25, 0.3) is 5.69 Å². The summed E-state index contributed by atoms with van der Waals surface area (Å²) in [6.45, 7) is 1.49. The lowest BCUT2D eigenvalue weighted by molar-refractivity contribution is -0.385. The van der Waals surface area contributed by atoms with E-state index in [4.69, 9.17) is 16.3 Å². The van der Waals surface area contributed by atoms with E-state index in [9.17, 15) is 14.5 Å². The Kier molecular flexibility index (Phi) is 4.20. The summed E-state index contributed by atoms with van der Waals surface area (Å²) < 4.78 is 19.5. The Morgan fingerprint density at radius 2 is 2.15 bits per heavy atom. The maximum Gasteiger partial charge on any atom is 0.275 e. The Hall–Kier alpha value is -1.73. The fourth-order valence-electron chi connectivity index (χ4n) is 1.50. The number of rotatable bonds is 3. The van der Waals surface area contributed by atoms with Crippen LogP contribution in [0.2, 0.25) is 5.02 Å². The fraction of sp³-hybridized carbons (Fsp3) is 0.0833. The lowest BCUT2D eigenvalue weighted by Crippen LogP contribution is -1.97. The third-order valence-corrected chi connectivity index (χ3v) is 3.20. The Labute approximate surface area is 126 Å². The van der Waals surface area contributed by atoms with Crippen molar-refractivity contribution in [1.82, 2.24) is 4.98 Å². The summed E-state index contributed by atoms with van der Waals surface area (Å²) >= 11 is 8.92. The summed E-state index contributed by atoms with van der Waals surface area (Å²) in [4.78, 5) is 13.9. The molecule has 0 fully saturated rings. The topological polar surface area (TPSA) is 65.3 Å². The molecule has 0 unspecified atom stereocenters. The molecule has 0 bridgehead atoms. The van der Waals surface area contributed by atoms with Crippen molar-refractivity contribution in [2.24, 2.45) is 0 Å². The van der Waals surface area contributed by atoms with Crippen LogP contribution in [0, 0.1) is 22.9 Å². The third-order valence-electron chi connectivity index (χ3n) is 2.43. The first kappa shape index (κ1) is 14.7. The monoisotopic (exact) mass is 360 g/mol. The second-order valence-electron chi connectivity index (χ2n) is 3.87. The number of aromatic nitrogens is 1. The normalized spacial score (nSPS) is 10.4. The number of ether oxygens (including phenoxy) is 1. The molecule has 0 saturated heterocycles. The van der Waals surface area contributed by atoms with Gasteiger partial charge in [-0.3, -0.25) is 10.1 Å². The van der Waals surface area contributed by atoms with Gasteiger partial charge in [-0.25, -0.2) is 9.37 Å². The van der Waals surface area contributed by atoms with E-state index in [2.05, 4.69) is 20.9 Å². The van der Waals surface area contributed by atoms with Crippen molar-refractivity contribution < 1.29 is 14.1 Å². The van der Waals surface area contributed by atoms with E-state index in [-0.39, 0.29) is 22.9 Å². The SMILES string of the molecule is Cc1cc(Oc2ncc(Cl)cc2Br)c(F)cc1[N+](=O)[O-]. The molecule has 0 aliphatic carbocycles. The molecule has 0 amide bonds. The summed E-state index contributed by atoms with van der Waals surface area (Å²) in [5.41, 5.74) is -0.0190. The highest BCUT2D eigenvalue weighted by Gasteiger charge is 2.17. The first-order valence-electron chi connectivity index (χ1n) is 5.32. The lowest BCUT2D eigenvalue weighted by Gasteiger charge is -2.08. The van der Waals surface area contributed by atoms with Crippen LogP contribution in [0.3, 0.4) is 0 Å². The van der Waals surface area contributed by atoms with Crippen molar-refractivity contribution in [2.75, 3.05) is 0 Å². The molecule has 0 spiro atoms. The molecule has 2 aromatic rings. The lowest BCUT2D eigenvalue weighted by atomic mass is 10.2. The number of pyridine rings is 1. The summed E-state index contributed by atoms with van der Waals surface area (Å²) in [6.07, 6.45) is 1.35. The number of nitro groups is 1. The Morgan fingerprint density at radius 1 is 1.45 bits per heavy atom. The second-order valence-corrected chi connectivity index (χ2v) is 5.16. The van der Waals surface area contributed by atoms with Crippen LogP contribution in [0.5, 0.6) is 11.6 Å². The van der Waals surface area contributed by atoms with Crippen molar-refractivity contribution in [3.05, 3.63) is 55.4 Å². The molecule has 20 heavy (non-hydrogen) atoms. The zero-order valence-electron chi connectivity index (χ0n) is 10.1. The zero-order chi connectivity index (χ0) is 14.9. The van der Waals surface area contributed by atoms with Gasteiger partial charge in [-0.05, 0) is 35.0 Å². The van der Waals surface area contributed by atoms with Crippen LogP contribution in [0.1, 0.15) is 5.56 Å². The van der Waals surface area contributed by atoms with Crippen molar-refractivity contribution in [2.45, 2.75) is 6.92 Å². The van der Waals surface area contributed by atoms with Crippen LogP contribution in [-0.2, 0) is 0 Å². The van der Waals surface area contributed by atoms with E-state index < -0.39 is 10.7 Å². The molecule has 1 heterocycles. The first-order valence-corrected chi connectivity index (χ1v) is 6.49. The summed E-state index contributed by atoms with van der Waals surface area (Å²) in [5, 5.41) is 11.1. The van der Waals surface area contributed by atoms with Crippen molar-refractivity contribution in [1.29, 1.82) is 0 Å². The first-order chi connectivity index (χ1) is 9.38. The number of nitrogens with zero attached hydrogens (tertiary/aromatic N) is 2. The zero-order valence-corrected chi connectivity index (χ0v) is 12.4. The van der Waals surface area contributed by atoms with E-state index in [1.165, 1.54) is 19.2 Å². The van der Waals surface area contributed by atoms with Gasteiger partial charge >= 0.3 is 0 Å². The Balaban J connectivity index is 2.39. The average Bonchev–Trinajstić information content (AvgIpc) is 2.36. The van der Waals surface area contributed by atoms with Gasteiger partial charge in [0.1, 0.15) is 0 Å². The predicted molar refractivity (Wildman–Crippen MR) is 74.8 cm³/mol. The molecule has 1 aromatic heterocycles. The van der Waals surface area contributed by atoms with Gasteiger partial charge in [0.2, 0.25) is 5.88 Å². The highest BCUT2D eigenvalue weighted by molar-refractivity contribution is 9.10. The summed E-state index contributed by atoms with van der Waals surface area (Å²) in [5.74, 6) is -0.879. The number of aryl methyl sites for hydroxylation is 1. The van der Waals surface area contributed by atoms with E-state index in [0.717, 1.165) is 6.07 Å². The van der Waals surface area contributed by atoms with Gasteiger partial charge in [0.05, 0.1) is 20.5 Å². The number of hydrogen-bond acceptors (Lipinski definition) is 4. The average molecular weight is 362 g/mol. The Morgan fingerprint density at radius 3 is 2.75 bits per heavy atom. The van der Waals surface area contributed by atoms with Crippen LogP contribution in [0.4, 0.5) is 10.1 Å². The summed E-state index contributed by atoms with van der Waals surface area (Å²) in [7, 11) is 0. The molecule has 0 aliphatic heterocycles. The van der Waals surface area contributed by atoms with Crippen LogP contribution >= 0.6 is 27.5 Å². The largest absolute Gasteiger partial charge is 0.435 e. The van der Waals surface area contributed by atoms with Crippen molar-refractivity contribution in [3.8, 4) is 11.6 Å². The van der Waals surface area contributed by atoms with E-state index in [1.807, 2.05) is 0 Å². The molecule has 0 aliphatic rings. The molecular formula is C12H7BrClFN2O3. The fourth-order valence-corrected chi connectivity index (χ4v) is 2.22. The maximum absolute atomic E-state index is 13.8. The number of benzene rings is 1. The van der Waals surface area contributed by atoms with Gasteiger partial charge in [0.15, 0.2) is 11.6 Å². The third kappa shape index (κ3) is 3.05. The molecule has 104 valence electrons. The number of hydrogen-bond donors (Lipinski definition) is 0. The molecule has 0 atom stereocenters. The van der Waals surface area contributed by atoms with Crippen LogP contribution in [-0.4, -0.2) is 9.91 Å². The molecule has 2 rings (SSSR count).